The van der Waals surface area contributed by atoms with E-state index in [1.165, 1.54) is 17.8 Å². The van der Waals surface area contributed by atoms with E-state index in [0.717, 1.165) is 16.1 Å². The monoisotopic (exact) mass is 310 g/mol. The fourth-order valence-electron chi connectivity index (χ4n) is 2.04. The largest absolute Gasteiger partial charge is 0.322 e. The van der Waals surface area contributed by atoms with Crippen molar-refractivity contribution < 1.29 is 9.59 Å². The molecule has 0 unspecified atom stereocenters. The van der Waals surface area contributed by atoms with Crippen LogP contribution in [0.2, 0.25) is 0 Å². The fourth-order valence-corrected chi connectivity index (χ4v) is 2.96. The van der Waals surface area contributed by atoms with Crippen molar-refractivity contribution in [2.45, 2.75) is 11.8 Å². The summed E-state index contributed by atoms with van der Waals surface area (Å²) in [6.45, 7) is 1.98. The molecule has 1 aliphatic rings. The minimum Gasteiger partial charge on any atom is -0.322 e. The lowest BCUT2D eigenvalue weighted by atomic mass is 10.2. The highest BCUT2D eigenvalue weighted by atomic mass is 32.2. The molecule has 0 bridgehead atoms. The summed E-state index contributed by atoms with van der Waals surface area (Å²) >= 11 is 1.29. The van der Waals surface area contributed by atoms with Gasteiger partial charge in [0.2, 0.25) is 5.91 Å². The molecule has 0 fully saturated rings. The first-order chi connectivity index (χ1) is 10.6. The van der Waals surface area contributed by atoms with E-state index in [9.17, 15) is 9.59 Å². The van der Waals surface area contributed by atoms with Crippen LogP contribution in [0.3, 0.4) is 0 Å². The summed E-state index contributed by atoms with van der Waals surface area (Å²) in [5.74, 6) is -0.580. The van der Waals surface area contributed by atoms with E-state index in [1.54, 1.807) is 0 Å². The maximum Gasteiger partial charge on any atom is 0.262 e. The Kier molecular flexibility index (Phi) is 3.98. The van der Waals surface area contributed by atoms with Gasteiger partial charge in [-0.1, -0.05) is 41.6 Å². The second-order valence-corrected chi connectivity index (χ2v) is 6.00. The number of carbonyl (C=O) groups excluding carboxylic acids is 2. The van der Waals surface area contributed by atoms with Gasteiger partial charge in [0.1, 0.15) is 0 Å². The van der Waals surface area contributed by atoms with Crippen LogP contribution < -0.4 is 10.6 Å². The predicted molar refractivity (Wildman–Crippen MR) is 88.8 cm³/mol. The van der Waals surface area contributed by atoms with Gasteiger partial charge in [-0.2, -0.15) is 0 Å². The number of benzene rings is 2. The van der Waals surface area contributed by atoms with Crippen LogP contribution in [0.25, 0.3) is 0 Å². The zero-order chi connectivity index (χ0) is 15.5. The van der Waals surface area contributed by atoms with E-state index in [0.29, 0.717) is 10.6 Å². The number of hydrogen-bond acceptors (Lipinski definition) is 3. The summed E-state index contributed by atoms with van der Waals surface area (Å²) in [6, 6.07) is 15.0. The third-order valence-corrected chi connectivity index (χ3v) is 4.26. The van der Waals surface area contributed by atoms with Gasteiger partial charge in [0.25, 0.3) is 5.91 Å². The van der Waals surface area contributed by atoms with Crippen molar-refractivity contribution in [3.8, 4) is 0 Å². The Bertz CT molecular complexity index is 766. The standard InChI is InChI=1S/C17H14N2O2S/c1-11-6-8-12(9-7-11)18-16(20)10-15-17(21)19-13-4-2-3-5-14(13)22-15/h2-10H,1H3,(H,18,20)(H,19,21)/b15-10+. The van der Waals surface area contributed by atoms with E-state index >= 15 is 0 Å². The van der Waals surface area contributed by atoms with Crippen LogP contribution >= 0.6 is 11.8 Å². The number of thioether (sulfide) groups is 1. The summed E-state index contributed by atoms with van der Waals surface area (Å²) in [4.78, 5) is 25.4. The zero-order valence-electron chi connectivity index (χ0n) is 11.9. The molecule has 22 heavy (non-hydrogen) atoms. The average molecular weight is 310 g/mol. The van der Waals surface area contributed by atoms with Crippen molar-refractivity contribution in [3.63, 3.8) is 0 Å². The lowest BCUT2D eigenvalue weighted by Crippen LogP contribution is -2.19. The first-order valence-electron chi connectivity index (χ1n) is 6.79. The van der Waals surface area contributed by atoms with Gasteiger partial charge in [-0.15, -0.1) is 0 Å². The number of carbonyl (C=O) groups is 2. The van der Waals surface area contributed by atoms with Gasteiger partial charge in [0.15, 0.2) is 0 Å². The van der Waals surface area contributed by atoms with Crippen LogP contribution in [-0.4, -0.2) is 11.8 Å². The molecule has 4 nitrogen and oxygen atoms in total. The lowest BCUT2D eigenvalue weighted by molar-refractivity contribution is -0.114. The number of anilines is 2. The Labute approximate surface area is 132 Å². The quantitative estimate of drug-likeness (QED) is 0.834. The number of para-hydroxylation sites is 1. The summed E-state index contributed by atoms with van der Waals surface area (Å²) in [5.41, 5.74) is 2.60. The second-order valence-electron chi connectivity index (χ2n) is 4.92. The van der Waals surface area contributed by atoms with Crippen LogP contribution in [0.15, 0.2) is 64.4 Å². The minimum atomic E-state index is -0.319. The maximum atomic E-state index is 12.0. The van der Waals surface area contributed by atoms with Crippen LogP contribution in [0.5, 0.6) is 0 Å². The van der Waals surface area contributed by atoms with Gasteiger partial charge in [-0.25, -0.2) is 0 Å². The van der Waals surface area contributed by atoms with Crippen molar-refractivity contribution in [1.29, 1.82) is 0 Å². The molecule has 1 aliphatic heterocycles. The molecular weight excluding hydrogens is 296 g/mol. The molecule has 0 spiro atoms. The molecule has 2 aromatic rings. The van der Waals surface area contributed by atoms with E-state index in [-0.39, 0.29) is 11.8 Å². The molecule has 0 radical (unpaired) electrons. The predicted octanol–water partition coefficient (Wildman–Crippen LogP) is 3.56. The van der Waals surface area contributed by atoms with Crippen LogP contribution in [0.1, 0.15) is 5.56 Å². The number of fused-ring (bicyclic) bond motifs is 1. The Morgan fingerprint density at radius 2 is 1.86 bits per heavy atom. The van der Waals surface area contributed by atoms with E-state index in [4.69, 9.17) is 0 Å². The van der Waals surface area contributed by atoms with Gasteiger partial charge in [0, 0.05) is 16.7 Å². The average Bonchev–Trinajstić information content (AvgIpc) is 2.50. The molecule has 0 atom stereocenters. The van der Waals surface area contributed by atoms with Crippen LogP contribution in [0, 0.1) is 6.92 Å². The number of aryl methyl sites for hydroxylation is 1. The van der Waals surface area contributed by atoms with Crippen molar-refractivity contribution in [2.75, 3.05) is 10.6 Å². The summed E-state index contributed by atoms with van der Waals surface area (Å²) in [7, 11) is 0. The Balaban J connectivity index is 1.76. The second kappa shape index (κ2) is 6.07. The summed E-state index contributed by atoms with van der Waals surface area (Å²) < 4.78 is 0. The van der Waals surface area contributed by atoms with Crippen molar-refractivity contribution in [1.82, 2.24) is 0 Å². The highest BCUT2D eigenvalue weighted by Crippen LogP contribution is 2.37. The van der Waals surface area contributed by atoms with Crippen molar-refractivity contribution in [3.05, 3.63) is 65.1 Å². The maximum absolute atomic E-state index is 12.0. The van der Waals surface area contributed by atoms with Crippen LogP contribution in [0.4, 0.5) is 11.4 Å². The van der Waals surface area contributed by atoms with E-state index in [2.05, 4.69) is 10.6 Å². The third kappa shape index (κ3) is 3.20. The van der Waals surface area contributed by atoms with Gasteiger partial charge in [0.05, 0.1) is 10.6 Å². The van der Waals surface area contributed by atoms with Gasteiger partial charge in [-0.3, -0.25) is 9.59 Å². The molecular formula is C17H14N2O2S. The van der Waals surface area contributed by atoms with Crippen molar-refractivity contribution >= 4 is 35.0 Å². The lowest BCUT2D eigenvalue weighted by Gasteiger charge is -2.17. The molecule has 5 heteroatoms. The first-order valence-corrected chi connectivity index (χ1v) is 7.61. The van der Waals surface area contributed by atoms with Gasteiger partial charge >= 0.3 is 0 Å². The van der Waals surface area contributed by atoms with E-state index < -0.39 is 0 Å². The third-order valence-electron chi connectivity index (χ3n) is 3.16. The van der Waals surface area contributed by atoms with Gasteiger partial charge < -0.3 is 10.6 Å². The zero-order valence-corrected chi connectivity index (χ0v) is 12.7. The van der Waals surface area contributed by atoms with Gasteiger partial charge in [-0.05, 0) is 31.2 Å². The molecule has 110 valence electrons. The molecule has 0 aliphatic carbocycles. The Morgan fingerprint density at radius 1 is 1.14 bits per heavy atom. The molecule has 0 saturated carbocycles. The molecule has 0 saturated heterocycles. The Hall–Kier alpha value is -2.53. The molecule has 0 aromatic heterocycles. The highest BCUT2D eigenvalue weighted by molar-refractivity contribution is 8.04. The highest BCUT2D eigenvalue weighted by Gasteiger charge is 2.21. The Morgan fingerprint density at radius 3 is 2.64 bits per heavy atom. The molecule has 2 N–H and O–H groups in total. The van der Waals surface area contributed by atoms with Crippen LogP contribution in [-0.2, 0) is 9.59 Å². The topological polar surface area (TPSA) is 58.2 Å². The number of rotatable bonds is 2. The molecule has 3 rings (SSSR count). The normalized spacial score (nSPS) is 15.1. The van der Waals surface area contributed by atoms with E-state index in [1.807, 2.05) is 55.5 Å². The minimum absolute atomic E-state index is 0.261. The summed E-state index contributed by atoms with van der Waals surface area (Å²) in [6.07, 6.45) is 1.33. The smallest absolute Gasteiger partial charge is 0.262 e. The fraction of sp³-hybridized carbons (Fsp3) is 0.0588. The number of amides is 2. The first kappa shape index (κ1) is 14.4. The van der Waals surface area contributed by atoms with Crippen molar-refractivity contribution in [2.24, 2.45) is 0 Å². The summed E-state index contributed by atoms with van der Waals surface area (Å²) in [5, 5.41) is 5.53. The molecule has 1 heterocycles. The number of hydrogen-bond donors (Lipinski definition) is 2. The molecule has 2 amide bonds. The number of nitrogens with one attached hydrogen (secondary N) is 2. The molecule has 2 aromatic carbocycles. The SMILES string of the molecule is Cc1ccc(NC(=O)/C=C2/Sc3ccccc3NC2=O)cc1.